The third kappa shape index (κ3) is 49.3. The number of hydrogen-bond donors (Lipinski definition) is 0. The predicted molar refractivity (Wildman–Crippen MR) is 261 cm³/mol. The third-order valence-corrected chi connectivity index (χ3v) is 12.5. The Labute approximate surface area is 380 Å². The van der Waals surface area contributed by atoms with Crippen LogP contribution >= 0.6 is 0 Å². The highest BCUT2D eigenvalue weighted by molar-refractivity contribution is 5.71. The normalized spacial score (nSPS) is 12.0. The minimum Gasteiger partial charge on any atom is -0.462 e. The van der Waals surface area contributed by atoms with Gasteiger partial charge >= 0.3 is 17.9 Å². The van der Waals surface area contributed by atoms with Crippen LogP contribution in [-0.4, -0.2) is 37.2 Å². The molecule has 0 aliphatic heterocycles. The summed E-state index contributed by atoms with van der Waals surface area (Å²) in [6.07, 6.45) is 49.5. The Morgan fingerprint density at radius 1 is 0.311 bits per heavy atom. The molecule has 0 radical (unpaired) electrons. The predicted octanol–water partition coefficient (Wildman–Crippen LogP) is 17.7. The zero-order valence-corrected chi connectivity index (χ0v) is 41.8. The summed E-state index contributed by atoms with van der Waals surface area (Å²) in [4.78, 5) is 38.0. The van der Waals surface area contributed by atoms with Gasteiger partial charge in [-0.3, -0.25) is 14.4 Å². The van der Waals surface area contributed by atoms with Crippen LogP contribution in [0.1, 0.15) is 304 Å². The maximum Gasteiger partial charge on any atom is 0.306 e. The van der Waals surface area contributed by atoms with Crippen LogP contribution in [0, 0.1) is 11.8 Å². The van der Waals surface area contributed by atoms with Crippen molar-refractivity contribution in [3.8, 4) is 0 Å². The first kappa shape index (κ1) is 59.4. The van der Waals surface area contributed by atoms with Crippen molar-refractivity contribution in [1.82, 2.24) is 0 Å². The molecule has 1 atom stereocenters. The molecular formula is C55H106O6. The van der Waals surface area contributed by atoms with Crippen molar-refractivity contribution in [2.45, 2.75) is 310 Å². The van der Waals surface area contributed by atoms with Gasteiger partial charge in [0.2, 0.25) is 0 Å². The number of esters is 3. The average molecular weight is 863 g/mol. The van der Waals surface area contributed by atoms with Crippen molar-refractivity contribution in [2.75, 3.05) is 13.2 Å². The standard InChI is InChI=1S/C55H106O6/c1-6-7-8-9-10-11-12-13-14-17-20-25-30-35-40-45-53(56)59-48-52(61-55(58)47-42-37-32-27-22-24-29-34-39-44-51(4)5)49-60-54(57)46-41-36-31-26-21-18-15-16-19-23-28-33-38-43-50(2)3/h50-52H,6-49H2,1-5H3/t52-/m1/s1. The van der Waals surface area contributed by atoms with Gasteiger partial charge in [0.15, 0.2) is 6.10 Å². The van der Waals surface area contributed by atoms with Crippen LogP contribution in [0.2, 0.25) is 0 Å². The molecule has 0 rings (SSSR count). The van der Waals surface area contributed by atoms with Gasteiger partial charge in [-0.25, -0.2) is 0 Å². The van der Waals surface area contributed by atoms with E-state index in [9.17, 15) is 14.4 Å². The number of unbranched alkanes of at least 4 members (excludes halogenated alkanes) is 34. The number of ether oxygens (including phenoxy) is 3. The smallest absolute Gasteiger partial charge is 0.306 e. The van der Waals surface area contributed by atoms with Crippen LogP contribution in [0.5, 0.6) is 0 Å². The fourth-order valence-corrected chi connectivity index (χ4v) is 8.34. The second-order valence-corrected chi connectivity index (χ2v) is 19.8. The van der Waals surface area contributed by atoms with Crippen molar-refractivity contribution in [1.29, 1.82) is 0 Å². The summed E-state index contributed by atoms with van der Waals surface area (Å²) >= 11 is 0. The highest BCUT2D eigenvalue weighted by Crippen LogP contribution is 2.18. The van der Waals surface area contributed by atoms with Gasteiger partial charge < -0.3 is 14.2 Å². The van der Waals surface area contributed by atoms with E-state index in [1.807, 2.05) is 0 Å². The van der Waals surface area contributed by atoms with Crippen LogP contribution in [0.15, 0.2) is 0 Å². The summed E-state index contributed by atoms with van der Waals surface area (Å²) in [6.45, 7) is 11.4. The molecular weight excluding hydrogens is 757 g/mol. The van der Waals surface area contributed by atoms with E-state index < -0.39 is 6.10 Å². The van der Waals surface area contributed by atoms with Crippen LogP contribution in [-0.2, 0) is 28.6 Å². The monoisotopic (exact) mass is 863 g/mol. The maximum atomic E-state index is 12.8. The highest BCUT2D eigenvalue weighted by atomic mass is 16.6. The van der Waals surface area contributed by atoms with Gasteiger partial charge in [0, 0.05) is 19.3 Å². The molecule has 0 saturated carbocycles. The minimum absolute atomic E-state index is 0.0634. The number of hydrogen-bond acceptors (Lipinski definition) is 6. The Kier molecular flexibility index (Phi) is 46.6. The quantitative estimate of drug-likeness (QED) is 0.0344. The fraction of sp³-hybridized carbons (Fsp3) is 0.945. The average Bonchev–Trinajstić information content (AvgIpc) is 3.23. The van der Waals surface area contributed by atoms with Gasteiger partial charge in [0.25, 0.3) is 0 Å². The van der Waals surface area contributed by atoms with E-state index in [0.29, 0.717) is 19.3 Å². The molecule has 0 bridgehead atoms. The molecule has 0 aliphatic rings. The Bertz CT molecular complexity index is 931. The molecule has 0 saturated heterocycles. The summed E-state index contributed by atoms with van der Waals surface area (Å²) in [6, 6.07) is 0. The zero-order valence-electron chi connectivity index (χ0n) is 41.8. The molecule has 0 amide bonds. The van der Waals surface area contributed by atoms with Crippen molar-refractivity contribution in [3.63, 3.8) is 0 Å². The molecule has 0 fully saturated rings. The maximum absolute atomic E-state index is 12.8. The minimum atomic E-state index is -0.762. The van der Waals surface area contributed by atoms with Crippen LogP contribution in [0.4, 0.5) is 0 Å². The summed E-state index contributed by atoms with van der Waals surface area (Å²) in [5.74, 6) is 0.801. The molecule has 0 spiro atoms. The van der Waals surface area contributed by atoms with E-state index in [4.69, 9.17) is 14.2 Å². The molecule has 61 heavy (non-hydrogen) atoms. The van der Waals surface area contributed by atoms with E-state index in [1.54, 1.807) is 0 Å². The Morgan fingerprint density at radius 3 is 0.803 bits per heavy atom. The van der Waals surface area contributed by atoms with Crippen molar-refractivity contribution >= 4 is 17.9 Å². The summed E-state index contributed by atoms with van der Waals surface area (Å²) in [7, 11) is 0. The topological polar surface area (TPSA) is 78.9 Å². The zero-order chi connectivity index (χ0) is 44.7. The molecule has 0 N–H and O–H groups in total. The van der Waals surface area contributed by atoms with E-state index in [1.165, 1.54) is 193 Å². The van der Waals surface area contributed by atoms with E-state index in [2.05, 4.69) is 34.6 Å². The van der Waals surface area contributed by atoms with Crippen molar-refractivity contribution < 1.29 is 28.6 Å². The Hall–Kier alpha value is -1.59. The molecule has 0 aliphatic carbocycles. The lowest BCUT2D eigenvalue weighted by Crippen LogP contribution is -2.30. The lowest BCUT2D eigenvalue weighted by atomic mass is 10.0. The number of carbonyl (C=O) groups is 3. The SMILES string of the molecule is CCCCCCCCCCCCCCCCCC(=O)OC[C@H](COC(=O)CCCCCCCCCCCCCCCC(C)C)OC(=O)CCCCCCCCCCCC(C)C. The first-order valence-electron chi connectivity index (χ1n) is 27.2. The second-order valence-electron chi connectivity index (χ2n) is 19.8. The largest absolute Gasteiger partial charge is 0.462 e. The molecule has 6 heteroatoms. The summed E-state index contributed by atoms with van der Waals surface area (Å²) in [5.41, 5.74) is 0. The number of carbonyl (C=O) groups excluding carboxylic acids is 3. The van der Waals surface area contributed by atoms with Gasteiger partial charge in [0.1, 0.15) is 13.2 Å². The first-order valence-corrected chi connectivity index (χ1v) is 27.2. The van der Waals surface area contributed by atoms with E-state index in [-0.39, 0.29) is 31.1 Å². The lowest BCUT2D eigenvalue weighted by molar-refractivity contribution is -0.167. The third-order valence-electron chi connectivity index (χ3n) is 12.5. The van der Waals surface area contributed by atoms with Gasteiger partial charge in [0.05, 0.1) is 0 Å². The van der Waals surface area contributed by atoms with Crippen LogP contribution in [0.25, 0.3) is 0 Å². The fourth-order valence-electron chi connectivity index (χ4n) is 8.34. The van der Waals surface area contributed by atoms with Crippen LogP contribution in [0.3, 0.4) is 0 Å². The summed E-state index contributed by atoms with van der Waals surface area (Å²) in [5, 5.41) is 0. The first-order chi connectivity index (χ1) is 29.7. The molecule has 0 heterocycles. The molecule has 0 unspecified atom stereocenters. The Morgan fingerprint density at radius 2 is 0.541 bits per heavy atom. The molecule has 362 valence electrons. The van der Waals surface area contributed by atoms with Crippen LogP contribution < -0.4 is 0 Å². The molecule has 0 aromatic carbocycles. The van der Waals surface area contributed by atoms with Gasteiger partial charge in [-0.05, 0) is 31.1 Å². The van der Waals surface area contributed by atoms with E-state index >= 15 is 0 Å². The van der Waals surface area contributed by atoms with E-state index in [0.717, 1.165) is 69.6 Å². The molecule has 6 nitrogen and oxygen atoms in total. The van der Waals surface area contributed by atoms with Gasteiger partial charge in [-0.2, -0.15) is 0 Å². The Balaban J connectivity index is 4.29. The molecule has 0 aromatic heterocycles. The van der Waals surface area contributed by atoms with Crippen molar-refractivity contribution in [3.05, 3.63) is 0 Å². The molecule has 0 aromatic rings. The lowest BCUT2D eigenvalue weighted by Gasteiger charge is -2.18. The summed E-state index contributed by atoms with van der Waals surface area (Å²) < 4.78 is 16.8. The van der Waals surface area contributed by atoms with Gasteiger partial charge in [-0.15, -0.1) is 0 Å². The highest BCUT2D eigenvalue weighted by Gasteiger charge is 2.19. The second kappa shape index (κ2) is 47.9. The van der Waals surface area contributed by atoms with Gasteiger partial charge in [-0.1, -0.05) is 266 Å². The van der Waals surface area contributed by atoms with Crippen molar-refractivity contribution in [2.24, 2.45) is 11.8 Å². The number of rotatable bonds is 49.